The molecule has 15 heavy (non-hydrogen) atoms. The highest BCUT2D eigenvalue weighted by atomic mass is 16.3. The van der Waals surface area contributed by atoms with Crippen molar-refractivity contribution < 1.29 is 5.11 Å². The fourth-order valence-corrected chi connectivity index (χ4v) is 1.99. The Bertz CT molecular complexity index is 442. The van der Waals surface area contributed by atoms with Gasteiger partial charge in [0.1, 0.15) is 0 Å². The van der Waals surface area contributed by atoms with Crippen LogP contribution in [0.1, 0.15) is 36.0 Å². The first-order valence-corrected chi connectivity index (χ1v) is 5.16. The molecule has 1 N–H and O–H groups in total. The van der Waals surface area contributed by atoms with E-state index in [1.807, 2.05) is 31.2 Å². The number of fused-ring (bicyclic) bond motifs is 1. The van der Waals surface area contributed by atoms with Crippen LogP contribution in [0.25, 0.3) is 6.08 Å². The van der Waals surface area contributed by atoms with Crippen LogP contribution in [0.3, 0.4) is 0 Å². The third-order valence-electron chi connectivity index (χ3n) is 2.89. The van der Waals surface area contributed by atoms with Gasteiger partial charge in [-0.3, -0.25) is 0 Å². The molecule has 76 valence electrons. The molecule has 2 heteroatoms. The standard InChI is InChI=1S/C13H13NO/c1-2-13(15)12-6-4-10-7-9(8-14)3-5-11(10)12/h3-7,12-13,15H,2H2,1H3. The molecule has 1 aromatic carbocycles. The Morgan fingerprint density at radius 2 is 2.33 bits per heavy atom. The largest absolute Gasteiger partial charge is 0.392 e. The van der Waals surface area contributed by atoms with Gasteiger partial charge in [-0.25, -0.2) is 0 Å². The minimum atomic E-state index is -0.324. The van der Waals surface area contributed by atoms with Gasteiger partial charge in [0.05, 0.1) is 17.7 Å². The fourth-order valence-electron chi connectivity index (χ4n) is 1.99. The van der Waals surface area contributed by atoms with E-state index in [-0.39, 0.29) is 12.0 Å². The van der Waals surface area contributed by atoms with Crippen LogP contribution in [-0.2, 0) is 0 Å². The molecule has 0 saturated heterocycles. The number of benzene rings is 1. The van der Waals surface area contributed by atoms with Crippen molar-refractivity contribution in [2.75, 3.05) is 0 Å². The van der Waals surface area contributed by atoms with Crippen molar-refractivity contribution in [1.82, 2.24) is 0 Å². The maximum absolute atomic E-state index is 9.81. The van der Waals surface area contributed by atoms with Gasteiger partial charge in [0, 0.05) is 5.92 Å². The number of hydrogen-bond donors (Lipinski definition) is 1. The Morgan fingerprint density at radius 3 is 3.00 bits per heavy atom. The average Bonchev–Trinajstić information content (AvgIpc) is 2.70. The van der Waals surface area contributed by atoms with Crippen LogP contribution in [0.15, 0.2) is 24.3 Å². The maximum atomic E-state index is 9.81. The van der Waals surface area contributed by atoms with E-state index in [4.69, 9.17) is 5.26 Å². The number of hydrogen-bond acceptors (Lipinski definition) is 2. The molecule has 2 unspecified atom stereocenters. The lowest BCUT2D eigenvalue weighted by Crippen LogP contribution is -2.14. The van der Waals surface area contributed by atoms with Crippen LogP contribution in [0.2, 0.25) is 0 Å². The highest BCUT2D eigenvalue weighted by molar-refractivity contribution is 5.64. The lowest BCUT2D eigenvalue weighted by Gasteiger charge is -2.16. The molecule has 2 rings (SSSR count). The molecule has 0 heterocycles. The van der Waals surface area contributed by atoms with Crippen molar-refractivity contribution in [3.63, 3.8) is 0 Å². The Balaban J connectivity index is 2.37. The van der Waals surface area contributed by atoms with Crippen LogP contribution in [-0.4, -0.2) is 11.2 Å². The number of aliphatic hydroxyl groups is 1. The Kier molecular flexibility index (Phi) is 2.57. The summed E-state index contributed by atoms with van der Waals surface area (Å²) >= 11 is 0. The summed E-state index contributed by atoms with van der Waals surface area (Å²) in [7, 11) is 0. The Morgan fingerprint density at radius 1 is 1.53 bits per heavy atom. The molecule has 1 aromatic rings. The van der Waals surface area contributed by atoms with Crippen LogP contribution >= 0.6 is 0 Å². The SMILES string of the molecule is CCC(O)C1C=Cc2cc(C#N)ccc21. The third kappa shape index (κ3) is 1.67. The second-order valence-corrected chi connectivity index (χ2v) is 3.82. The van der Waals surface area contributed by atoms with E-state index in [1.165, 1.54) is 0 Å². The topological polar surface area (TPSA) is 44.0 Å². The summed E-state index contributed by atoms with van der Waals surface area (Å²) in [5.74, 6) is 0.0951. The molecule has 0 spiro atoms. The second-order valence-electron chi connectivity index (χ2n) is 3.82. The van der Waals surface area contributed by atoms with Gasteiger partial charge in [0.25, 0.3) is 0 Å². The van der Waals surface area contributed by atoms with Gasteiger partial charge in [0.15, 0.2) is 0 Å². The van der Waals surface area contributed by atoms with Crippen molar-refractivity contribution in [2.45, 2.75) is 25.4 Å². The molecule has 0 aliphatic heterocycles. The van der Waals surface area contributed by atoms with E-state index in [2.05, 4.69) is 6.07 Å². The molecular weight excluding hydrogens is 186 g/mol. The van der Waals surface area contributed by atoms with Crippen molar-refractivity contribution in [3.05, 3.63) is 41.0 Å². The number of nitrogens with zero attached hydrogens (tertiary/aromatic N) is 1. The van der Waals surface area contributed by atoms with Gasteiger partial charge in [0.2, 0.25) is 0 Å². The maximum Gasteiger partial charge on any atom is 0.0991 e. The Hall–Kier alpha value is -1.59. The van der Waals surface area contributed by atoms with E-state index in [9.17, 15) is 5.11 Å². The lowest BCUT2D eigenvalue weighted by molar-refractivity contribution is 0.156. The molecule has 1 aliphatic carbocycles. The van der Waals surface area contributed by atoms with Gasteiger partial charge < -0.3 is 5.11 Å². The molecule has 0 aromatic heterocycles. The van der Waals surface area contributed by atoms with Gasteiger partial charge in [-0.1, -0.05) is 25.1 Å². The summed E-state index contributed by atoms with van der Waals surface area (Å²) in [4.78, 5) is 0. The summed E-state index contributed by atoms with van der Waals surface area (Å²) in [5, 5.41) is 18.6. The summed E-state index contributed by atoms with van der Waals surface area (Å²) in [6.45, 7) is 1.97. The van der Waals surface area contributed by atoms with Gasteiger partial charge in [-0.15, -0.1) is 0 Å². The Labute approximate surface area is 89.5 Å². The third-order valence-corrected chi connectivity index (χ3v) is 2.89. The first kappa shape index (κ1) is 9.95. The summed E-state index contributed by atoms with van der Waals surface area (Å²) in [6, 6.07) is 7.74. The van der Waals surface area contributed by atoms with E-state index in [0.717, 1.165) is 17.5 Å². The van der Waals surface area contributed by atoms with E-state index in [1.54, 1.807) is 6.07 Å². The molecule has 1 aliphatic rings. The molecule has 2 atom stereocenters. The van der Waals surface area contributed by atoms with E-state index < -0.39 is 0 Å². The zero-order chi connectivity index (χ0) is 10.8. The summed E-state index contributed by atoms with van der Waals surface area (Å²) in [5.41, 5.74) is 2.86. The number of nitriles is 1. The molecular formula is C13H13NO. The highest BCUT2D eigenvalue weighted by Gasteiger charge is 2.23. The molecule has 2 nitrogen and oxygen atoms in total. The highest BCUT2D eigenvalue weighted by Crippen LogP contribution is 2.33. The van der Waals surface area contributed by atoms with Crippen LogP contribution < -0.4 is 0 Å². The minimum absolute atomic E-state index is 0.0951. The molecule has 0 bridgehead atoms. The van der Waals surface area contributed by atoms with Crippen LogP contribution in [0.4, 0.5) is 0 Å². The lowest BCUT2D eigenvalue weighted by atomic mass is 9.93. The molecule has 0 amide bonds. The summed E-state index contributed by atoms with van der Waals surface area (Å²) in [6.07, 6.45) is 4.42. The van der Waals surface area contributed by atoms with Crippen LogP contribution in [0.5, 0.6) is 0 Å². The first-order chi connectivity index (χ1) is 7.26. The normalized spacial score (nSPS) is 19.7. The molecule has 0 radical (unpaired) electrons. The first-order valence-electron chi connectivity index (χ1n) is 5.16. The van der Waals surface area contributed by atoms with Crippen molar-refractivity contribution in [1.29, 1.82) is 5.26 Å². The minimum Gasteiger partial charge on any atom is -0.392 e. The fraction of sp³-hybridized carbons (Fsp3) is 0.308. The van der Waals surface area contributed by atoms with Gasteiger partial charge in [-0.05, 0) is 29.7 Å². The van der Waals surface area contributed by atoms with E-state index >= 15 is 0 Å². The zero-order valence-corrected chi connectivity index (χ0v) is 8.64. The van der Waals surface area contributed by atoms with Crippen LogP contribution in [0, 0.1) is 11.3 Å². The second kappa shape index (κ2) is 3.88. The monoisotopic (exact) mass is 199 g/mol. The van der Waals surface area contributed by atoms with Crippen molar-refractivity contribution >= 4 is 6.08 Å². The molecule has 0 fully saturated rings. The number of rotatable bonds is 2. The average molecular weight is 199 g/mol. The zero-order valence-electron chi connectivity index (χ0n) is 8.64. The smallest absolute Gasteiger partial charge is 0.0991 e. The number of aliphatic hydroxyl groups excluding tert-OH is 1. The van der Waals surface area contributed by atoms with Crippen molar-refractivity contribution in [3.8, 4) is 6.07 Å². The van der Waals surface area contributed by atoms with Gasteiger partial charge in [-0.2, -0.15) is 5.26 Å². The summed E-state index contributed by atoms with van der Waals surface area (Å²) < 4.78 is 0. The quantitative estimate of drug-likeness (QED) is 0.795. The van der Waals surface area contributed by atoms with Gasteiger partial charge >= 0.3 is 0 Å². The van der Waals surface area contributed by atoms with E-state index in [0.29, 0.717) is 5.56 Å². The molecule has 0 saturated carbocycles. The van der Waals surface area contributed by atoms with Crippen molar-refractivity contribution in [2.24, 2.45) is 0 Å². The predicted molar refractivity (Wildman–Crippen MR) is 59.2 cm³/mol. The predicted octanol–water partition coefficient (Wildman–Crippen LogP) is 2.44.